The lowest BCUT2D eigenvalue weighted by Crippen LogP contribution is -2.46. The molecule has 1 fully saturated rings. The summed E-state index contributed by atoms with van der Waals surface area (Å²) in [6.45, 7) is 0. The Kier molecular flexibility index (Phi) is 6.79. The number of benzene rings is 2. The number of amides is 1. The van der Waals surface area contributed by atoms with Gasteiger partial charge in [-0.1, -0.05) is 42.5 Å². The first-order valence-corrected chi connectivity index (χ1v) is 10.9. The van der Waals surface area contributed by atoms with Crippen molar-refractivity contribution < 1.29 is 37.3 Å². The summed E-state index contributed by atoms with van der Waals surface area (Å²) in [4.78, 5) is 26.0. The maximum atomic E-state index is 13.0. The van der Waals surface area contributed by atoms with E-state index in [0.29, 0.717) is 17.7 Å². The molecule has 2 aliphatic heterocycles. The highest BCUT2D eigenvalue weighted by molar-refractivity contribution is 7.80. The van der Waals surface area contributed by atoms with E-state index < -0.39 is 30.4 Å². The summed E-state index contributed by atoms with van der Waals surface area (Å²) in [6.07, 6.45) is -1.60. The second kappa shape index (κ2) is 9.79. The number of carboxylic acid groups (broad SMARTS) is 1. The Morgan fingerprint density at radius 1 is 1.23 bits per heavy atom. The molecule has 2 atom stereocenters. The molecular formula is C24H19F3N2O5S. The molecule has 0 saturated carbocycles. The summed E-state index contributed by atoms with van der Waals surface area (Å²) < 4.78 is 46.7. The number of hydrogen-bond donors (Lipinski definition) is 2. The third kappa shape index (κ3) is 5.80. The molecule has 2 N–H and O–H groups in total. The van der Waals surface area contributed by atoms with Gasteiger partial charge in [-0.25, -0.2) is 4.79 Å². The van der Waals surface area contributed by atoms with Gasteiger partial charge >= 0.3 is 12.3 Å². The SMILES string of the molecule is O=C(O)C(Cc1ccccc1)N1C(=O)/C(=C\C2=CCC(c3ccc(OC(F)(F)F)cc3)O2)NC1=S. The molecule has 0 aliphatic carbocycles. The summed E-state index contributed by atoms with van der Waals surface area (Å²) >= 11 is 5.23. The largest absolute Gasteiger partial charge is 0.573 e. The highest BCUT2D eigenvalue weighted by atomic mass is 32.1. The molecule has 0 radical (unpaired) electrons. The van der Waals surface area contributed by atoms with Gasteiger partial charge in [0.25, 0.3) is 5.91 Å². The van der Waals surface area contributed by atoms with E-state index in [0.717, 1.165) is 10.5 Å². The molecule has 2 aromatic carbocycles. The van der Waals surface area contributed by atoms with Crippen LogP contribution in [0.5, 0.6) is 5.75 Å². The first kappa shape index (κ1) is 24.3. The maximum absolute atomic E-state index is 13.0. The van der Waals surface area contributed by atoms with Crippen molar-refractivity contribution in [2.45, 2.75) is 31.3 Å². The highest BCUT2D eigenvalue weighted by Gasteiger charge is 2.40. The van der Waals surface area contributed by atoms with Crippen LogP contribution in [0.3, 0.4) is 0 Å². The van der Waals surface area contributed by atoms with Gasteiger partial charge in [-0.2, -0.15) is 0 Å². The van der Waals surface area contributed by atoms with Gasteiger partial charge in [-0.3, -0.25) is 9.69 Å². The smallest absolute Gasteiger partial charge is 0.486 e. The highest BCUT2D eigenvalue weighted by Crippen LogP contribution is 2.34. The Morgan fingerprint density at radius 3 is 2.54 bits per heavy atom. The maximum Gasteiger partial charge on any atom is 0.573 e. The lowest BCUT2D eigenvalue weighted by molar-refractivity contribution is -0.274. The van der Waals surface area contributed by atoms with Crippen molar-refractivity contribution in [1.82, 2.24) is 10.2 Å². The fourth-order valence-electron chi connectivity index (χ4n) is 3.77. The van der Waals surface area contributed by atoms with E-state index in [1.807, 2.05) is 0 Å². The Labute approximate surface area is 203 Å². The predicted molar refractivity (Wildman–Crippen MR) is 122 cm³/mol. The van der Waals surface area contributed by atoms with Crippen LogP contribution in [0.15, 0.2) is 78.2 Å². The van der Waals surface area contributed by atoms with Crippen LogP contribution in [0.4, 0.5) is 13.2 Å². The zero-order valence-electron chi connectivity index (χ0n) is 18.0. The molecular weight excluding hydrogens is 485 g/mol. The average Bonchev–Trinajstić information content (AvgIpc) is 3.37. The van der Waals surface area contributed by atoms with Crippen molar-refractivity contribution in [2.24, 2.45) is 0 Å². The number of nitrogens with zero attached hydrogens (tertiary/aromatic N) is 1. The minimum atomic E-state index is -4.78. The Morgan fingerprint density at radius 2 is 1.91 bits per heavy atom. The van der Waals surface area contributed by atoms with Gasteiger partial charge in [0, 0.05) is 18.9 Å². The van der Waals surface area contributed by atoms with Crippen molar-refractivity contribution >= 4 is 29.2 Å². The fourth-order valence-corrected chi connectivity index (χ4v) is 4.09. The molecule has 0 spiro atoms. The normalized spacial score (nSPS) is 19.9. The Bertz CT molecular complexity index is 1200. The number of carbonyl (C=O) groups is 2. The topological polar surface area (TPSA) is 88.1 Å². The summed E-state index contributed by atoms with van der Waals surface area (Å²) in [5.74, 6) is -1.78. The van der Waals surface area contributed by atoms with Gasteiger partial charge in [0.1, 0.15) is 29.4 Å². The lowest BCUT2D eigenvalue weighted by Gasteiger charge is -2.22. The van der Waals surface area contributed by atoms with Crippen LogP contribution in [0.25, 0.3) is 0 Å². The summed E-state index contributed by atoms with van der Waals surface area (Å²) in [5.41, 5.74) is 1.43. The molecule has 7 nitrogen and oxygen atoms in total. The van der Waals surface area contributed by atoms with Crippen LogP contribution in [0.2, 0.25) is 0 Å². The second-order valence-corrected chi connectivity index (χ2v) is 8.16. The van der Waals surface area contributed by atoms with Gasteiger partial charge in [0.05, 0.1) is 0 Å². The van der Waals surface area contributed by atoms with Crippen molar-refractivity contribution in [2.75, 3.05) is 0 Å². The van der Waals surface area contributed by atoms with Crippen molar-refractivity contribution in [3.8, 4) is 5.75 Å². The molecule has 11 heteroatoms. The molecule has 35 heavy (non-hydrogen) atoms. The van der Waals surface area contributed by atoms with Crippen LogP contribution in [0, 0.1) is 0 Å². The number of hydrogen-bond acceptors (Lipinski definition) is 5. The third-order valence-electron chi connectivity index (χ3n) is 5.36. The molecule has 1 amide bonds. The third-order valence-corrected chi connectivity index (χ3v) is 5.66. The van der Waals surface area contributed by atoms with Crippen molar-refractivity contribution in [3.63, 3.8) is 0 Å². The number of halogens is 3. The predicted octanol–water partition coefficient (Wildman–Crippen LogP) is 4.23. The molecule has 0 bridgehead atoms. The van der Waals surface area contributed by atoms with Gasteiger partial charge in [0.2, 0.25) is 0 Å². The van der Waals surface area contributed by atoms with Crippen LogP contribution < -0.4 is 10.1 Å². The number of alkyl halides is 3. The van der Waals surface area contributed by atoms with E-state index in [4.69, 9.17) is 17.0 Å². The van der Waals surface area contributed by atoms with E-state index in [1.165, 1.54) is 30.3 Å². The molecule has 1 saturated heterocycles. The number of nitrogens with one attached hydrogen (secondary N) is 1. The summed E-state index contributed by atoms with van der Waals surface area (Å²) in [7, 11) is 0. The molecule has 2 heterocycles. The van der Waals surface area contributed by atoms with E-state index in [9.17, 15) is 27.9 Å². The number of allylic oxidation sites excluding steroid dienone is 1. The number of ether oxygens (including phenoxy) is 2. The molecule has 2 aromatic rings. The van der Waals surface area contributed by atoms with Gasteiger partial charge in [0.15, 0.2) is 5.11 Å². The van der Waals surface area contributed by atoms with Crippen LogP contribution >= 0.6 is 12.2 Å². The van der Waals surface area contributed by atoms with Gasteiger partial charge in [-0.15, -0.1) is 13.2 Å². The summed E-state index contributed by atoms with van der Waals surface area (Å²) in [5, 5.41) is 12.5. The van der Waals surface area contributed by atoms with Gasteiger partial charge < -0.3 is 19.9 Å². The molecule has 0 aromatic heterocycles. The first-order valence-electron chi connectivity index (χ1n) is 10.5. The quantitative estimate of drug-likeness (QED) is 0.431. The van der Waals surface area contributed by atoms with Crippen LogP contribution in [-0.2, 0) is 20.7 Å². The lowest BCUT2D eigenvalue weighted by atomic mass is 10.0. The number of carboxylic acids is 1. The zero-order chi connectivity index (χ0) is 25.2. The summed E-state index contributed by atoms with van der Waals surface area (Å²) in [6, 6.07) is 13.0. The number of carbonyl (C=O) groups excluding carboxylic acids is 1. The molecule has 2 unspecified atom stereocenters. The molecule has 182 valence electrons. The zero-order valence-corrected chi connectivity index (χ0v) is 18.8. The monoisotopic (exact) mass is 504 g/mol. The standard InChI is InChI=1S/C24H19F3N2O5S/c25-24(26,27)34-16-8-6-15(7-9-16)20-11-10-17(33-20)13-18-21(30)29(23(35)28-18)19(22(31)32)12-14-4-2-1-3-5-14/h1-10,13,19-20H,11-12H2,(H,28,35)(H,31,32)/b18-13+. The van der Waals surface area contributed by atoms with E-state index in [-0.39, 0.29) is 23.0 Å². The van der Waals surface area contributed by atoms with Crippen LogP contribution in [-0.4, -0.2) is 39.4 Å². The first-order chi connectivity index (χ1) is 16.6. The second-order valence-electron chi connectivity index (χ2n) is 7.77. The average molecular weight is 504 g/mol. The van der Waals surface area contributed by atoms with E-state index in [1.54, 1.807) is 36.4 Å². The van der Waals surface area contributed by atoms with Crippen molar-refractivity contribution in [1.29, 1.82) is 0 Å². The molecule has 4 rings (SSSR count). The number of thiocarbonyl (C=S) groups is 1. The minimum Gasteiger partial charge on any atom is -0.486 e. The van der Waals surface area contributed by atoms with E-state index >= 15 is 0 Å². The number of rotatable bonds is 7. The Balaban J connectivity index is 1.43. The minimum absolute atomic E-state index is 0.0278. The van der Waals surface area contributed by atoms with Gasteiger partial charge in [-0.05, 0) is 41.6 Å². The fraction of sp³-hybridized carbons (Fsp3) is 0.208. The van der Waals surface area contributed by atoms with E-state index in [2.05, 4.69) is 10.1 Å². The molecule has 2 aliphatic rings. The van der Waals surface area contributed by atoms with Crippen molar-refractivity contribution in [3.05, 3.63) is 89.3 Å². The number of aliphatic carboxylic acids is 1. The Hall–Kier alpha value is -3.86. The van der Waals surface area contributed by atoms with Crippen LogP contribution in [0.1, 0.15) is 23.7 Å².